The van der Waals surface area contributed by atoms with Gasteiger partial charge < -0.3 is 0 Å². The van der Waals surface area contributed by atoms with Crippen molar-refractivity contribution in [3.8, 4) is 0 Å². The summed E-state index contributed by atoms with van der Waals surface area (Å²) in [6.07, 6.45) is 6.94. The monoisotopic (exact) mass is 248 g/mol. The first-order chi connectivity index (χ1) is 4.70. The Bertz CT molecular complexity index is 156. The van der Waals surface area contributed by atoms with E-state index in [1.165, 1.54) is 18.4 Å². The zero-order valence-electron chi connectivity index (χ0n) is 6.31. The molecule has 0 amide bonds. The maximum absolute atomic E-state index is 3.92. The average Bonchev–Trinajstić information content (AvgIpc) is 1.88. The molecule has 0 N–H and O–H groups in total. The van der Waals surface area contributed by atoms with Gasteiger partial charge in [-0.05, 0) is 18.8 Å². The van der Waals surface area contributed by atoms with E-state index in [0.29, 0.717) is 0 Å². The van der Waals surface area contributed by atoms with Crippen LogP contribution in [0.2, 0.25) is 0 Å². The number of halogens is 1. The van der Waals surface area contributed by atoms with Crippen LogP contribution in [0.4, 0.5) is 0 Å². The van der Waals surface area contributed by atoms with E-state index in [1.54, 1.807) is 0 Å². The van der Waals surface area contributed by atoms with Crippen molar-refractivity contribution < 1.29 is 0 Å². The molecule has 0 aliphatic heterocycles. The Balaban J connectivity index is 2.53. The fraction of sp³-hybridized carbons (Fsp3) is 0.556. The molecule has 56 valence electrons. The standard InChI is InChI=1S/C9H13I/c1-7-3-5-9(6-4-7)8(2)10/h3,5,8-9H,1,4,6H2,2H3. The van der Waals surface area contributed by atoms with E-state index in [9.17, 15) is 0 Å². The molecule has 1 heteroatoms. The number of rotatable bonds is 1. The van der Waals surface area contributed by atoms with Gasteiger partial charge in [-0.3, -0.25) is 0 Å². The molecule has 1 aliphatic carbocycles. The van der Waals surface area contributed by atoms with Crippen molar-refractivity contribution in [3.05, 3.63) is 24.3 Å². The third kappa shape index (κ3) is 2.11. The van der Waals surface area contributed by atoms with Crippen LogP contribution in [-0.4, -0.2) is 3.92 Å². The molecule has 10 heavy (non-hydrogen) atoms. The molecule has 0 fully saturated rings. The van der Waals surface area contributed by atoms with Crippen LogP contribution in [0.1, 0.15) is 19.8 Å². The summed E-state index contributed by atoms with van der Waals surface area (Å²) in [5.74, 6) is 0.783. The van der Waals surface area contributed by atoms with E-state index in [0.717, 1.165) is 9.84 Å². The molecule has 0 spiro atoms. The Morgan fingerprint density at radius 3 is 2.90 bits per heavy atom. The van der Waals surface area contributed by atoms with Crippen LogP contribution in [0.5, 0.6) is 0 Å². The number of hydrogen-bond donors (Lipinski definition) is 0. The van der Waals surface area contributed by atoms with Crippen LogP contribution in [0.15, 0.2) is 24.3 Å². The first-order valence-electron chi connectivity index (χ1n) is 3.70. The van der Waals surface area contributed by atoms with Crippen molar-refractivity contribution in [1.29, 1.82) is 0 Å². The van der Waals surface area contributed by atoms with Crippen molar-refractivity contribution in [1.82, 2.24) is 0 Å². The van der Waals surface area contributed by atoms with Gasteiger partial charge in [0.1, 0.15) is 0 Å². The van der Waals surface area contributed by atoms with Gasteiger partial charge in [-0.2, -0.15) is 0 Å². The first-order valence-corrected chi connectivity index (χ1v) is 4.95. The van der Waals surface area contributed by atoms with E-state index in [1.807, 2.05) is 0 Å². The summed E-state index contributed by atoms with van der Waals surface area (Å²) in [5, 5.41) is 0. The summed E-state index contributed by atoms with van der Waals surface area (Å²) in [6.45, 7) is 6.19. The van der Waals surface area contributed by atoms with E-state index in [2.05, 4.69) is 48.2 Å². The fourth-order valence-electron chi connectivity index (χ4n) is 1.17. The molecule has 0 heterocycles. The molecule has 0 aromatic heterocycles. The molecule has 0 nitrogen and oxygen atoms in total. The quantitative estimate of drug-likeness (QED) is 0.493. The minimum Gasteiger partial charge on any atom is -0.0958 e. The molecular weight excluding hydrogens is 235 g/mol. The van der Waals surface area contributed by atoms with Crippen molar-refractivity contribution in [2.24, 2.45) is 5.92 Å². The van der Waals surface area contributed by atoms with E-state index < -0.39 is 0 Å². The molecule has 2 unspecified atom stereocenters. The van der Waals surface area contributed by atoms with Gasteiger partial charge in [0.25, 0.3) is 0 Å². The third-order valence-electron chi connectivity index (χ3n) is 1.97. The number of alkyl halides is 1. The lowest BCUT2D eigenvalue weighted by atomic mass is 9.92. The SMILES string of the molecule is C=C1C=CC(C(C)I)CC1. The predicted octanol–water partition coefficient (Wildman–Crippen LogP) is 3.33. The lowest BCUT2D eigenvalue weighted by molar-refractivity contribution is 0.585. The topological polar surface area (TPSA) is 0 Å². The highest BCUT2D eigenvalue weighted by Crippen LogP contribution is 2.26. The smallest absolute Gasteiger partial charge is 0.0144 e. The van der Waals surface area contributed by atoms with Gasteiger partial charge in [-0.15, -0.1) is 0 Å². The van der Waals surface area contributed by atoms with E-state index in [-0.39, 0.29) is 0 Å². The lowest BCUT2D eigenvalue weighted by Gasteiger charge is -2.19. The largest absolute Gasteiger partial charge is 0.0958 e. The summed E-state index contributed by atoms with van der Waals surface area (Å²) in [6, 6.07) is 0. The summed E-state index contributed by atoms with van der Waals surface area (Å²) in [7, 11) is 0. The Labute approximate surface area is 76.5 Å². The summed E-state index contributed by atoms with van der Waals surface area (Å²) < 4.78 is 0.766. The molecule has 0 saturated carbocycles. The van der Waals surface area contributed by atoms with Gasteiger partial charge in [0.05, 0.1) is 0 Å². The molecular formula is C9H13I. The Hall–Kier alpha value is 0.210. The molecule has 1 rings (SSSR count). The van der Waals surface area contributed by atoms with Gasteiger partial charge in [0.2, 0.25) is 0 Å². The molecule has 0 aromatic carbocycles. The zero-order chi connectivity index (χ0) is 7.56. The van der Waals surface area contributed by atoms with Gasteiger partial charge in [-0.1, -0.05) is 53.8 Å². The van der Waals surface area contributed by atoms with Crippen LogP contribution in [-0.2, 0) is 0 Å². The van der Waals surface area contributed by atoms with Crippen molar-refractivity contribution in [2.45, 2.75) is 23.7 Å². The van der Waals surface area contributed by atoms with Crippen molar-refractivity contribution >= 4 is 22.6 Å². The van der Waals surface area contributed by atoms with Crippen molar-refractivity contribution in [2.75, 3.05) is 0 Å². The van der Waals surface area contributed by atoms with Crippen LogP contribution >= 0.6 is 22.6 Å². The third-order valence-corrected chi connectivity index (χ3v) is 2.89. The zero-order valence-corrected chi connectivity index (χ0v) is 8.47. The highest BCUT2D eigenvalue weighted by molar-refractivity contribution is 14.1. The average molecular weight is 248 g/mol. The van der Waals surface area contributed by atoms with Gasteiger partial charge >= 0.3 is 0 Å². The van der Waals surface area contributed by atoms with Crippen LogP contribution < -0.4 is 0 Å². The van der Waals surface area contributed by atoms with Gasteiger partial charge in [0, 0.05) is 3.92 Å². The van der Waals surface area contributed by atoms with Gasteiger partial charge in [-0.25, -0.2) is 0 Å². The lowest BCUT2D eigenvalue weighted by Crippen LogP contribution is -2.10. The molecule has 2 atom stereocenters. The summed E-state index contributed by atoms with van der Waals surface area (Å²) >= 11 is 2.49. The second kappa shape index (κ2) is 3.56. The molecule has 0 aromatic rings. The van der Waals surface area contributed by atoms with E-state index >= 15 is 0 Å². The number of allylic oxidation sites excluding steroid dienone is 3. The molecule has 0 radical (unpaired) electrons. The Kier molecular flexibility index (Phi) is 2.96. The number of hydrogen-bond acceptors (Lipinski definition) is 0. The molecule has 1 aliphatic rings. The summed E-state index contributed by atoms with van der Waals surface area (Å²) in [4.78, 5) is 0. The fourth-order valence-corrected chi connectivity index (χ4v) is 1.77. The highest BCUT2D eigenvalue weighted by atomic mass is 127. The normalized spacial score (nSPS) is 28.6. The second-order valence-electron chi connectivity index (χ2n) is 2.90. The maximum Gasteiger partial charge on any atom is 0.0144 e. The molecule has 0 saturated heterocycles. The van der Waals surface area contributed by atoms with E-state index in [4.69, 9.17) is 0 Å². The Morgan fingerprint density at radius 1 is 1.80 bits per heavy atom. The first kappa shape index (κ1) is 8.31. The summed E-state index contributed by atoms with van der Waals surface area (Å²) in [5.41, 5.74) is 1.29. The van der Waals surface area contributed by atoms with Crippen LogP contribution in [0.25, 0.3) is 0 Å². The van der Waals surface area contributed by atoms with Crippen molar-refractivity contribution in [3.63, 3.8) is 0 Å². The van der Waals surface area contributed by atoms with Gasteiger partial charge in [0.15, 0.2) is 0 Å². The Morgan fingerprint density at radius 2 is 2.50 bits per heavy atom. The maximum atomic E-state index is 3.92. The highest BCUT2D eigenvalue weighted by Gasteiger charge is 2.13. The van der Waals surface area contributed by atoms with Crippen LogP contribution in [0, 0.1) is 5.92 Å². The molecule has 0 bridgehead atoms. The van der Waals surface area contributed by atoms with Crippen LogP contribution in [0.3, 0.4) is 0 Å². The second-order valence-corrected chi connectivity index (χ2v) is 4.86. The minimum atomic E-state index is 0.766. The minimum absolute atomic E-state index is 0.766. The predicted molar refractivity (Wildman–Crippen MR) is 54.5 cm³/mol.